The van der Waals surface area contributed by atoms with Gasteiger partial charge in [-0.1, -0.05) is 56.2 Å². The van der Waals surface area contributed by atoms with E-state index in [-0.39, 0.29) is 10.8 Å². The average Bonchev–Trinajstić information content (AvgIpc) is 3.88. The van der Waals surface area contributed by atoms with Crippen LogP contribution in [0.4, 0.5) is 0 Å². The smallest absolute Gasteiger partial charge is 0.0340 e. The minimum absolute atomic E-state index is 0.0637. The maximum absolute atomic E-state index is 2.93. The fourth-order valence-corrected chi connectivity index (χ4v) is 16.6. The van der Waals surface area contributed by atoms with Crippen LogP contribution < -0.4 is 0 Å². The lowest BCUT2D eigenvalue weighted by molar-refractivity contribution is 0.533. The third kappa shape index (κ3) is 1.59. The van der Waals surface area contributed by atoms with Crippen molar-refractivity contribution in [3.63, 3.8) is 0 Å². The van der Waals surface area contributed by atoms with E-state index in [9.17, 15) is 0 Å². The van der Waals surface area contributed by atoms with Gasteiger partial charge in [0, 0.05) is 21.6 Å². The Morgan fingerprint density at radius 2 is 1.20 bits per heavy atom. The van der Waals surface area contributed by atoms with Crippen LogP contribution in [0.15, 0.2) is 47.9 Å². The molecule has 0 aliphatic heterocycles. The molecule has 3 unspecified atom stereocenters. The highest BCUT2D eigenvalue weighted by Crippen LogP contribution is 2.85. The lowest BCUT2D eigenvalue weighted by Crippen LogP contribution is -2.19. The summed E-state index contributed by atoms with van der Waals surface area (Å²) in [6.45, 7) is 2.41. The molecule has 18 rings (SSSR count). The van der Waals surface area contributed by atoms with Crippen LogP contribution >= 0.6 is 11.3 Å². The SMILES string of the molecule is CCCCC1(c2cccs2)C2c3cc4cc5c6c4c4c3c3c7c8c9c%10c(cc%11c%12c%13c(cc(c%14c%13c%13c(c%12%10)c9c3c4c%13c6%14)C5)C%11)CC8=CC721. The van der Waals surface area contributed by atoms with E-state index in [2.05, 4.69) is 54.8 Å². The molecule has 222 valence electrons. The summed E-state index contributed by atoms with van der Waals surface area (Å²) < 4.78 is 0. The maximum atomic E-state index is 2.93. The lowest BCUT2D eigenvalue weighted by atomic mass is 9.78. The molecule has 6 aliphatic carbocycles. The van der Waals surface area contributed by atoms with Gasteiger partial charge in [-0.2, -0.15) is 0 Å². The van der Waals surface area contributed by atoms with E-state index in [1.54, 1.807) is 157 Å². The molecule has 0 nitrogen and oxygen atoms in total. The Morgan fingerprint density at radius 3 is 1.92 bits per heavy atom. The number of rotatable bonds is 4. The number of benzene rings is 7. The predicted molar refractivity (Wildman–Crippen MR) is 207 cm³/mol. The number of unbranched alkanes of at least 4 members (excludes halogenated alkanes) is 1. The molecular weight excluding hydrogens is 609 g/mol. The molecule has 0 N–H and O–H groups in total. The molecular formula is C48H24S. The standard InChI is InChI=1S/C48H24S/c1-2-3-6-47(24-5-4-7-49-24)46-23-14-21-12-18-10-19-9-16-8-17-11-20-13-22-15-48(46,47)45-31(22)36-30(20)35-26(17)25(16)33-29(19)34-27(18)28(21)37-32(23)44(45)43-41(36)39(35)38(33)40(34)42(37)43/h4-5,7,9,11-12,14-15,46H,2-3,6,8,10,13H2,1H3. The van der Waals surface area contributed by atoms with Crippen molar-refractivity contribution in [1.82, 2.24) is 0 Å². The van der Waals surface area contributed by atoms with Crippen molar-refractivity contribution in [1.29, 1.82) is 0 Å². The van der Waals surface area contributed by atoms with Crippen molar-refractivity contribution >= 4 is 125 Å². The molecule has 49 heavy (non-hydrogen) atoms. The zero-order chi connectivity index (χ0) is 30.5. The topological polar surface area (TPSA) is 0 Å². The molecule has 1 heterocycles. The number of fused-ring (bicyclic) bond motifs is 1. The molecule has 6 aliphatic rings. The van der Waals surface area contributed by atoms with Gasteiger partial charge in [0.2, 0.25) is 0 Å². The Morgan fingerprint density at radius 1 is 0.612 bits per heavy atom. The quantitative estimate of drug-likeness (QED) is 0.169. The van der Waals surface area contributed by atoms with Crippen LogP contribution in [-0.2, 0) is 30.1 Å². The van der Waals surface area contributed by atoms with Crippen molar-refractivity contribution < 1.29 is 0 Å². The van der Waals surface area contributed by atoms with E-state index >= 15 is 0 Å². The maximum Gasteiger partial charge on any atom is 0.0340 e. The van der Waals surface area contributed by atoms with Gasteiger partial charge in [-0.3, -0.25) is 0 Å². The second-order valence-corrected chi connectivity index (χ2v) is 18.5. The number of hydrogen-bond donors (Lipinski definition) is 0. The number of thiophene rings is 1. The van der Waals surface area contributed by atoms with Crippen molar-refractivity contribution in [3.8, 4) is 0 Å². The van der Waals surface area contributed by atoms with Gasteiger partial charge in [-0.15, -0.1) is 11.3 Å². The summed E-state index contributed by atoms with van der Waals surface area (Å²) in [6, 6.07) is 15.7. The highest BCUT2D eigenvalue weighted by molar-refractivity contribution is 7.10. The van der Waals surface area contributed by atoms with E-state index in [0.29, 0.717) is 5.92 Å². The van der Waals surface area contributed by atoms with Gasteiger partial charge in [-0.05, 0) is 195 Å². The number of hydrogen-bond acceptors (Lipinski definition) is 1. The average molecular weight is 633 g/mol. The van der Waals surface area contributed by atoms with E-state index in [1.165, 1.54) is 24.6 Å². The molecule has 1 spiro atoms. The highest BCUT2D eigenvalue weighted by atomic mass is 32.1. The Kier molecular flexibility index (Phi) is 2.62. The van der Waals surface area contributed by atoms with Gasteiger partial charge in [0.15, 0.2) is 0 Å². The molecule has 1 saturated carbocycles. The predicted octanol–water partition coefficient (Wildman–Crippen LogP) is 12.6. The lowest BCUT2D eigenvalue weighted by Gasteiger charge is -2.24. The Bertz CT molecular complexity index is 3720. The fraction of sp³-hybridized carbons (Fsp3) is 0.208. The highest BCUT2D eigenvalue weighted by Gasteiger charge is 2.80. The summed E-state index contributed by atoms with van der Waals surface area (Å²) in [5, 5.41) is 35.3. The Labute approximate surface area is 282 Å². The Hall–Kier alpha value is -4.72. The summed E-state index contributed by atoms with van der Waals surface area (Å²) in [5.41, 5.74) is 15.1. The van der Waals surface area contributed by atoms with Crippen molar-refractivity contribution in [3.05, 3.63) is 97.2 Å². The van der Waals surface area contributed by atoms with Crippen LogP contribution in [0, 0.1) is 0 Å². The minimum atomic E-state index is 0.0637. The molecule has 0 saturated heterocycles. The van der Waals surface area contributed by atoms with E-state index in [1.807, 2.05) is 11.3 Å². The summed E-state index contributed by atoms with van der Waals surface area (Å²) in [6.07, 6.45) is 10.1. The molecule has 1 fully saturated rings. The first kappa shape index (κ1) is 22.1. The van der Waals surface area contributed by atoms with Crippen LogP contribution in [0.25, 0.3) is 113 Å². The monoisotopic (exact) mass is 632 g/mol. The van der Waals surface area contributed by atoms with Gasteiger partial charge >= 0.3 is 0 Å². The zero-order valence-corrected chi connectivity index (χ0v) is 27.7. The van der Waals surface area contributed by atoms with E-state index in [0.717, 1.165) is 19.3 Å². The molecule has 0 bridgehead atoms. The first-order valence-corrected chi connectivity index (χ1v) is 19.7. The van der Waals surface area contributed by atoms with E-state index < -0.39 is 0 Å². The second kappa shape index (κ2) is 5.82. The van der Waals surface area contributed by atoms with Crippen LogP contribution in [0.3, 0.4) is 0 Å². The Balaban J connectivity index is 1.26. The minimum Gasteiger partial charge on any atom is -0.148 e. The van der Waals surface area contributed by atoms with Crippen LogP contribution in [-0.4, -0.2) is 0 Å². The van der Waals surface area contributed by atoms with Crippen molar-refractivity contribution in [2.24, 2.45) is 0 Å². The summed E-state index contributed by atoms with van der Waals surface area (Å²) in [4.78, 5) is 1.64. The normalized spacial score (nSPS) is 25.3. The molecule has 12 aromatic rings. The molecule has 0 radical (unpaired) electrons. The van der Waals surface area contributed by atoms with Gasteiger partial charge in [-0.25, -0.2) is 0 Å². The molecule has 1 heteroatoms. The molecule has 11 aromatic carbocycles. The number of allylic oxidation sites excluding steroid dienone is 2. The van der Waals surface area contributed by atoms with E-state index in [4.69, 9.17) is 0 Å². The third-order valence-corrected chi connectivity index (χ3v) is 17.4. The second-order valence-electron chi connectivity index (χ2n) is 17.5. The van der Waals surface area contributed by atoms with Gasteiger partial charge < -0.3 is 0 Å². The summed E-state index contributed by atoms with van der Waals surface area (Å²) >= 11 is 2.05. The first-order chi connectivity index (χ1) is 24.3. The molecule has 3 atom stereocenters. The molecule has 0 amide bonds. The van der Waals surface area contributed by atoms with Crippen LogP contribution in [0.1, 0.15) is 81.5 Å². The zero-order valence-electron chi connectivity index (χ0n) is 26.8. The van der Waals surface area contributed by atoms with Crippen molar-refractivity contribution in [2.45, 2.75) is 62.2 Å². The molecule has 1 aromatic heterocycles. The van der Waals surface area contributed by atoms with Crippen LogP contribution in [0.2, 0.25) is 0 Å². The van der Waals surface area contributed by atoms with Crippen molar-refractivity contribution in [2.75, 3.05) is 0 Å². The largest absolute Gasteiger partial charge is 0.148 e. The third-order valence-electron chi connectivity index (χ3n) is 16.3. The summed E-state index contributed by atoms with van der Waals surface area (Å²) in [7, 11) is 0. The van der Waals surface area contributed by atoms with Crippen LogP contribution in [0.5, 0.6) is 0 Å². The van der Waals surface area contributed by atoms with Gasteiger partial charge in [0.1, 0.15) is 0 Å². The van der Waals surface area contributed by atoms with Gasteiger partial charge in [0.05, 0.1) is 0 Å². The van der Waals surface area contributed by atoms with Gasteiger partial charge in [0.25, 0.3) is 0 Å². The first-order valence-electron chi connectivity index (χ1n) is 18.8. The fourth-order valence-electron chi connectivity index (χ4n) is 15.5. The summed E-state index contributed by atoms with van der Waals surface area (Å²) in [5.74, 6) is 0.518.